The molecular weight excluding hydrogens is 488 g/mol. The fourth-order valence-corrected chi connectivity index (χ4v) is 9.47. The van der Waals surface area contributed by atoms with Crippen LogP contribution in [0.25, 0.3) is 0 Å². The summed E-state index contributed by atoms with van der Waals surface area (Å²) in [6.45, 7) is 0. The molecule has 0 saturated heterocycles. The van der Waals surface area contributed by atoms with Crippen LogP contribution in [-0.2, 0) is 11.0 Å². The van der Waals surface area contributed by atoms with E-state index in [0.29, 0.717) is 11.3 Å². The Balaban J connectivity index is 1.76. The number of amides is 1. The quantitative estimate of drug-likeness (QED) is 0.657. The number of aliphatic hydroxyl groups is 1. The molecule has 0 radical (unpaired) electrons. The monoisotopic (exact) mass is 502 g/mol. The van der Waals surface area contributed by atoms with Crippen molar-refractivity contribution in [3.05, 3.63) is 72.9 Å². The van der Waals surface area contributed by atoms with Crippen molar-refractivity contribution in [1.29, 1.82) is 5.26 Å². The first-order valence-electron chi connectivity index (χ1n) is 8.45. The van der Waals surface area contributed by atoms with Crippen LogP contribution < -0.4 is 13.8 Å². The van der Waals surface area contributed by atoms with Gasteiger partial charge in [-0.15, -0.1) is 0 Å². The Labute approximate surface area is 172 Å². The van der Waals surface area contributed by atoms with Crippen LogP contribution in [-0.4, -0.2) is 38.6 Å². The number of hydrogen-bond donors (Lipinski definition) is 2. The molecule has 9 heteroatoms. The molecule has 0 bridgehead atoms. The van der Waals surface area contributed by atoms with Crippen LogP contribution in [0.4, 0.5) is 13.2 Å². The molecule has 1 aliphatic heterocycles. The van der Waals surface area contributed by atoms with Crippen molar-refractivity contribution in [1.82, 2.24) is 0 Å². The fourth-order valence-electron chi connectivity index (χ4n) is 2.90. The predicted molar refractivity (Wildman–Crippen MR) is 100 cm³/mol. The van der Waals surface area contributed by atoms with Gasteiger partial charge in [0.2, 0.25) is 0 Å². The van der Waals surface area contributed by atoms with Crippen molar-refractivity contribution in [3.8, 4) is 17.6 Å². The number of alkyl halides is 3. The van der Waals surface area contributed by atoms with E-state index in [1.165, 1.54) is 12.1 Å². The second-order valence-corrected chi connectivity index (χ2v) is 13.3. The minimum absolute atomic E-state index is 0.0277. The van der Waals surface area contributed by atoms with Gasteiger partial charge in [-0.05, 0) is 0 Å². The Kier molecular flexibility index (Phi) is 6.05. The molecule has 29 heavy (non-hydrogen) atoms. The molecule has 5 nitrogen and oxygen atoms in total. The van der Waals surface area contributed by atoms with Crippen LogP contribution in [0.1, 0.15) is 11.1 Å². The van der Waals surface area contributed by atoms with Crippen molar-refractivity contribution >= 4 is 30.7 Å². The first-order chi connectivity index (χ1) is 13.7. The van der Waals surface area contributed by atoms with Gasteiger partial charge < -0.3 is 0 Å². The Morgan fingerprint density at radius 3 is 2.41 bits per heavy atom. The summed E-state index contributed by atoms with van der Waals surface area (Å²) < 4.78 is 49.6. The Bertz CT molecular complexity index is 1040. The standard InChI is InChI=1S/C14H7F3NO.C6H7NO2.In/c15-14(16,17)13-8-12(7-6-10(13)9-18)19-11-4-2-1-3-5-11;1-3-4(2)5(8)6(7)9;/h2-8H;1-3,5,8H,(H2,7,9);. The molecule has 0 spiro atoms. The third-order valence-electron chi connectivity index (χ3n) is 4.37. The average Bonchev–Trinajstić information content (AvgIpc) is 3.17. The Morgan fingerprint density at radius 2 is 1.83 bits per heavy atom. The van der Waals surface area contributed by atoms with Crippen molar-refractivity contribution in [2.24, 2.45) is 5.73 Å². The first-order valence-corrected chi connectivity index (χ1v) is 13.9. The number of carbonyl (C=O) groups excluding carboxylic acids is 1. The van der Waals surface area contributed by atoms with Crippen molar-refractivity contribution < 1.29 is 27.8 Å². The van der Waals surface area contributed by atoms with E-state index in [1.807, 2.05) is 19.8 Å². The van der Waals surface area contributed by atoms with Crippen molar-refractivity contribution in [2.75, 3.05) is 0 Å². The van der Waals surface area contributed by atoms with Crippen LogP contribution in [0, 0.1) is 11.3 Å². The Morgan fingerprint density at radius 1 is 1.17 bits per heavy atom. The average molecular weight is 502 g/mol. The number of hydrogen-bond acceptors (Lipinski definition) is 4. The van der Waals surface area contributed by atoms with E-state index in [0.717, 1.165) is 15.5 Å². The van der Waals surface area contributed by atoms with Gasteiger partial charge in [-0.25, -0.2) is 0 Å². The van der Waals surface area contributed by atoms with Crippen LogP contribution in [0.15, 0.2) is 61.8 Å². The first kappa shape index (κ1) is 21.0. The molecule has 1 atom stereocenters. The molecule has 1 unspecified atom stereocenters. The van der Waals surface area contributed by atoms with Crippen molar-refractivity contribution in [3.63, 3.8) is 0 Å². The number of rotatable bonds is 5. The van der Waals surface area contributed by atoms with Gasteiger partial charge in [-0.1, -0.05) is 0 Å². The normalized spacial score (nSPS) is 14.3. The minimum atomic E-state index is -4.66. The Hall–Kier alpha value is -2.70. The zero-order valence-corrected chi connectivity index (χ0v) is 18.1. The number of halogens is 3. The molecule has 1 aliphatic rings. The zero-order valence-electron chi connectivity index (χ0n) is 14.9. The molecule has 2 aromatic rings. The van der Waals surface area contributed by atoms with Crippen LogP contribution in [0.5, 0.6) is 11.5 Å². The SMILES string of the molecule is N#Cc1ccc(Oc2cc[c]([In]3[CH]=CC(C(O)C(N)=O)=[CH]3)cc2)cc1C(F)(F)F. The molecule has 3 N–H and O–H groups in total. The number of nitrogens with zero attached hydrogens (tertiary/aromatic N) is 1. The number of carbonyl (C=O) groups is 1. The molecular formula is C20H14F3InN2O3. The summed E-state index contributed by atoms with van der Waals surface area (Å²) in [6, 6.07) is 11.6. The maximum atomic E-state index is 13.1. The summed E-state index contributed by atoms with van der Waals surface area (Å²) in [4.78, 5) is 11.1. The third kappa shape index (κ3) is 4.83. The van der Waals surface area contributed by atoms with E-state index >= 15 is 0 Å². The predicted octanol–water partition coefficient (Wildman–Crippen LogP) is 2.49. The van der Waals surface area contributed by atoms with Crippen LogP contribution >= 0.6 is 0 Å². The second kappa shape index (κ2) is 8.35. The van der Waals surface area contributed by atoms with E-state index in [9.17, 15) is 23.1 Å². The van der Waals surface area contributed by atoms with Crippen molar-refractivity contribution in [2.45, 2.75) is 12.3 Å². The number of primary amides is 1. The summed E-state index contributed by atoms with van der Waals surface area (Å²) in [5, 5.41) is 18.6. The molecule has 0 aromatic heterocycles. The van der Waals surface area contributed by atoms with Gasteiger partial charge in [0.15, 0.2) is 0 Å². The van der Waals surface area contributed by atoms with E-state index in [-0.39, 0.29) is 5.75 Å². The number of benzene rings is 2. The summed E-state index contributed by atoms with van der Waals surface area (Å²) >= 11 is -2.47. The number of nitrogens with two attached hydrogens (primary N) is 1. The second-order valence-electron chi connectivity index (χ2n) is 6.34. The number of nitriles is 1. The molecule has 3 rings (SSSR count). The summed E-state index contributed by atoms with van der Waals surface area (Å²) in [5.74, 6) is -0.487. The van der Waals surface area contributed by atoms with Gasteiger partial charge in [0, 0.05) is 0 Å². The number of ether oxygens (including phenoxy) is 1. The summed E-state index contributed by atoms with van der Waals surface area (Å²) in [7, 11) is 0. The molecule has 146 valence electrons. The van der Waals surface area contributed by atoms with Gasteiger partial charge in [0.05, 0.1) is 0 Å². The van der Waals surface area contributed by atoms with E-state index < -0.39 is 50.8 Å². The summed E-state index contributed by atoms with van der Waals surface area (Å²) in [6.07, 6.45) is -4.28. The van der Waals surface area contributed by atoms with Crippen LogP contribution in [0.3, 0.4) is 0 Å². The maximum absolute atomic E-state index is 13.1. The van der Waals surface area contributed by atoms with E-state index in [2.05, 4.69) is 0 Å². The molecule has 0 fully saturated rings. The number of aliphatic hydroxyl groups excluding tert-OH is 1. The topological polar surface area (TPSA) is 96.3 Å². The van der Waals surface area contributed by atoms with Crippen LogP contribution in [0.2, 0.25) is 0 Å². The molecule has 2 aromatic carbocycles. The summed E-state index contributed by atoms with van der Waals surface area (Å²) in [5.41, 5.74) is 4.08. The molecule has 1 heterocycles. The van der Waals surface area contributed by atoms with E-state index in [1.54, 1.807) is 18.2 Å². The molecule has 1 amide bonds. The van der Waals surface area contributed by atoms with Gasteiger partial charge in [0.1, 0.15) is 0 Å². The zero-order chi connectivity index (χ0) is 21.2. The molecule has 0 saturated carbocycles. The third-order valence-corrected chi connectivity index (χ3v) is 11.5. The fraction of sp³-hybridized carbons (Fsp3) is 0.100. The van der Waals surface area contributed by atoms with Gasteiger partial charge in [-0.3, -0.25) is 0 Å². The molecule has 0 aliphatic carbocycles. The van der Waals surface area contributed by atoms with E-state index in [4.69, 9.17) is 15.7 Å². The van der Waals surface area contributed by atoms with Gasteiger partial charge in [0.25, 0.3) is 0 Å². The van der Waals surface area contributed by atoms with Gasteiger partial charge in [-0.2, -0.15) is 0 Å². The van der Waals surface area contributed by atoms with Gasteiger partial charge >= 0.3 is 172 Å².